The van der Waals surface area contributed by atoms with E-state index in [0.717, 1.165) is 10.2 Å². The minimum Gasteiger partial charge on any atom is -0.441 e. The first-order valence-electron chi connectivity index (χ1n) is 6.96. The van der Waals surface area contributed by atoms with Crippen molar-refractivity contribution in [3.05, 3.63) is 54.2 Å². The van der Waals surface area contributed by atoms with Crippen LogP contribution in [0.3, 0.4) is 0 Å². The molecule has 0 unspecified atom stereocenters. The van der Waals surface area contributed by atoms with Crippen LogP contribution in [0.5, 0.6) is 0 Å². The number of carbonyl (C=O) groups excluding carboxylic acids is 1. The van der Waals surface area contributed by atoms with Gasteiger partial charge in [0.05, 0.1) is 12.4 Å². The van der Waals surface area contributed by atoms with E-state index in [0.29, 0.717) is 18.1 Å². The van der Waals surface area contributed by atoms with Crippen LogP contribution in [0.25, 0.3) is 11.3 Å². The molecule has 3 aromatic rings. The van der Waals surface area contributed by atoms with E-state index in [1.54, 1.807) is 6.20 Å². The van der Waals surface area contributed by atoms with E-state index < -0.39 is 0 Å². The molecule has 2 N–H and O–H groups in total. The van der Waals surface area contributed by atoms with Gasteiger partial charge in [-0.05, 0) is 0 Å². The van der Waals surface area contributed by atoms with Gasteiger partial charge in [-0.25, -0.2) is 4.98 Å². The van der Waals surface area contributed by atoms with Gasteiger partial charge in [-0.1, -0.05) is 30.3 Å². The highest BCUT2D eigenvalue weighted by Gasteiger charge is 2.15. The molecule has 0 bridgehead atoms. The maximum Gasteiger partial charge on any atom is 0.249 e. The van der Waals surface area contributed by atoms with E-state index in [4.69, 9.17) is 15.4 Å². The molecule has 7 heteroatoms. The molecule has 0 aliphatic heterocycles. The van der Waals surface area contributed by atoms with E-state index >= 15 is 0 Å². The van der Waals surface area contributed by atoms with Crippen molar-refractivity contribution in [2.45, 2.75) is 12.8 Å². The summed E-state index contributed by atoms with van der Waals surface area (Å²) in [6, 6.07) is 11.5. The highest BCUT2D eigenvalue weighted by atomic mass is 16.4. The number of benzene rings is 1. The third kappa shape index (κ3) is 2.96. The quantitative estimate of drug-likeness (QED) is 0.791. The average molecular weight is 307 g/mol. The van der Waals surface area contributed by atoms with Gasteiger partial charge >= 0.3 is 0 Å². The lowest BCUT2D eigenvalue weighted by molar-refractivity contribution is 0.0887. The van der Waals surface area contributed by atoms with Crippen LogP contribution < -0.4 is 5.73 Å². The minimum absolute atomic E-state index is 0.0508. The smallest absolute Gasteiger partial charge is 0.249 e. The second-order valence-electron chi connectivity index (χ2n) is 4.85. The summed E-state index contributed by atoms with van der Waals surface area (Å²) in [7, 11) is 0. The number of nitrogen functional groups attached to an aromatic ring is 1. The van der Waals surface area contributed by atoms with Gasteiger partial charge in [0.2, 0.25) is 5.91 Å². The zero-order valence-corrected chi connectivity index (χ0v) is 12.1. The molecular weight excluding hydrogens is 294 g/mol. The average Bonchev–Trinajstić information content (AvgIpc) is 3.20. The summed E-state index contributed by atoms with van der Waals surface area (Å²) in [5, 5.41) is 12.6. The van der Waals surface area contributed by atoms with Gasteiger partial charge in [0.25, 0.3) is 0 Å². The van der Waals surface area contributed by atoms with Crippen molar-refractivity contribution in [1.82, 2.24) is 14.8 Å². The lowest BCUT2D eigenvalue weighted by Gasteiger charge is -2.01. The monoisotopic (exact) mass is 307 g/mol. The second-order valence-corrected chi connectivity index (χ2v) is 4.85. The van der Waals surface area contributed by atoms with E-state index in [-0.39, 0.29) is 23.7 Å². The van der Waals surface area contributed by atoms with E-state index in [1.165, 1.54) is 6.20 Å². The summed E-state index contributed by atoms with van der Waals surface area (Å²) >= 11 is 0. The van der Waals surface area contributed by atoms with Crippen LogP contribution in [0.4, 0.5) is 5.82 Å². The molecule has 0 atom stereocenters. The lowest BCUT2D eigenvalue weighted by atomic mass is 10.2. The van der Waals surface area contributed by atoms with Crippen LogP contribution in [0.2, 0.25) is 0 Å². The van der Waals surface area contributed by atoms with Crippen molar-refractivity contribution in [2.24, 2.45) is 0 Å². The Balaban J connectivity index is 1.67. The summed E-state index contributed by atoms with van der Waals surface area (Å²) in [5.41, 5.74) is 6.79. The third-order valence-electron chi connectivity index (χ3n) is 3.33. The highest BCUT2D eigenvalue weighted by molar-refractivity contribution is 5.82. The molecule has 0 amide bonds. The summed E-state index contributed by atoms with van der Waals surface area (Å²) < 4.78 is 6.66. The van der Waals surface area contributed by atoms with Gasteiger partial charge in [-0.15, -0.1) is 0 Å². The first-order chi connectivity index (χ1) is 11.2. The number of hydrogen-bond donors (Lipinski definition) is 1. The summed E-state index contributed by atoms with van der Waals surface area (Å²) in [6.45, 7) is 0. The zero-order chi connectivity index (χ0) is 16.2. The van der Waals surface area contributed by atoms with Gasteiger partial charge < -0.3 is 10.2 Å². The number of carbonyl (C=O) groups is 1. The maximum atomic E-state index is 12.1. The molecule has 0 aliphatic carbocycles. The summed E-state index contributed by atoms with van der Waals surface area (Å²) in [6.07, 6.45) is 3.36. The molecule has 0 radical (unpaired) electrons. The van der Waals surface area contributed by atoms with Crippen molar-refractivity contribution >= 4 is 11.7 Å². The van der Waals surface area contributed by atoms with Crippen LogP contribution in [0.15, 0.2) is 47.1 Å². The molecule has 2 heterocycles. The fourth-order valence-electron chi connectivity index (χ4n) is 2.12. The molecule has 0 saturated heterocycles. The normalized spacial score (nSPS) is 10.4. The number of aryl methyl sites for hydroxylation is 1. The Morgan fingerprint density at radius 1 is 1.30 bits per heavy atom. The topological polar surface area (TPSA) is 111 Å². The van der Waals surface area contributed by atoms with Gasteiger partial charge in [-0.2, -0.15) is 15.0 Å². The fraction of sp³-hybridized carbons (Fsp3) is 0.125. The number of oxazole rings is 1. The number of nitrogens with two attached hydrogens (primary N) is 1. The predicted molar refractivity (Wildman–Crippen MR) is 82.2 cm³/mol. The fourth-order valence-corrected chi connectivity index (χ4v) is 2.12. The first-order valence-corrected chi connectivity index (χ1v) is 6.96. The highest BCUT2D eigenvalue weighted by Crippen LogP contribution is 2.20. The number of aromatic nitrogens is 3. The Hall–Kier alpha value is -3.40. The van der Waals surface area contributed by atoms with Gasteiger partial charge in [0.1, 0.15) is 17.5 Å². The van der Waals surface area contributed by atoms with E-state index in [2.05, 4.69) is 10.1 Å². The van der Waals surface area contributed by atoms with Gasteiger partial charge in [-0.3, -0.25) is 4.79 Å². The number of nitriles is 1. The maximum absolute atomic E-state index is 12.1. The molecule has 2 aromatic heterocycles. The van der Waals surface area contributed by atoms with Crippen molar-refractivity contribution in [3.8, 4) is 17.4 Å². The van der Waals surface area contributed by atoms with Crippen LogP contribution >= 0.6 is 0 Å². The Labute approximate surface area is 132 Å². The molecule has 7 nitrogen and oxygen atoms in total. The van der Waals surface area contributed by atoms with Crippen LogP contribution in [0.1, 0.15) is 22.7 Å². The Bertz CT molecular complexity index is 874. The number of anilines is 1. The molecule has 3 rings (SSSR count). The standard InChI is InChI=1S/C16H13N5O2/c17-8-12-9-20-21(16(12)18)15(22)7-6-14-19-10-13(23-14)11-4-2-1-3-5-11/h1-5,9-10H,6-7,18H2. The molecular formula is C16H13N5O2. The van der Waals surface area contributed by atoms with Crippen molar-refractivity contribution < 1.29 is 9.21 Å². The number of rotatable bonds is 4. The molecule has 23 heavy (non-hydrogen) atoms. The largest absolute Gasteiger partial charge is 0.441 e. The second kappa shape index (κ2) is 6.15. The van der Waals surface area contributed by atoms with Crippen LogP contribution in [-0.4, -0.2) is 20.7 Å². The number of hydrogen-bond acceptors (Lipinski definition) is 6. The van der Waals surface area contributed by atoms with Gasteiger partial charge in [0.15, 0.2) is 11.7 Å². The molecule has 0 aliphatic rings. The Morgan fingerprint density at radius 3 is 2.78 bits per heavy atom. The van der Waals surface area contributed by atoms with E-state index in [9.17, 15) is 4.79 Å². The van der Waals surface area contributed by atoms with Crippen LogP contribution in [0, 0.1) is 11.3 Å². The lowest BCUT2D eigenvalue weighted by Crippen LogP contribution is -2.15. The Kier molecular flexibility index (Phi) is 3.89. The first kappa shape index (κ1) is 14.5. The minimum atomic E-state index is -0.316. The molecule has 0 fully saturated rings. The van der Waals surface area contributed by atoms with E-state index in [1.807, 2.05) is 36.4 Å². The summed E-state index contributed by atoms with van der Waals surface area (Å²) in [4.78, 5) is 16.3. The molecule has 1 aromatic carbocycles. The molecule has 114 valence electrons. The van der Waals surface area contributed by atoms with Crippen molar-refractivity contribution in [3.63, 3.8) is 0 Å². The molecule has 0 spiro atoms. The van der Waals surface area contributed by atoms with Crippen molar-refractivity contribution in [2.75, 3.05) is 5.73 Å². The SMILES string of the molecule is N#Cc1cnn(C(=O)CCc2ncc(-c3ccccc3)o2)c1N. The number of nitrogens with zero attached hydrogens (tertiary/aromatic N) is 4. The van der Waals surface area contributed by atoms with Crippen molar-refractivity contribution in [1.29, 1.82) is 5.26 Å². The third-order valence-corrected chi connectivity index (χ3v) is 3.33. The molecule has 0 saturated carbocycles. The Morgan fingerprint density at radius 2 is 2.09 bits per heavy atom. The summed E-state index contributed by atoms with van der Waals surface area (Å²) in [5.74, 6) is 0.847. The van der Waals surface area contributed by atoms with Crippen LogP contribution in [-0.2, 0) is 6.42 Å². The predicted octanol–water partition coefficient (Wildman–Crippen LogP) is 2.26. The zero-order valence-electron chi connectivity index (χ0n) is 12.1. The van der Waals surface area contributed by atoms with Gasteiger partial charge in [0, 0.05) is 18.4 Å².